The van der Waals surface area contributed by atoms with Crippen molar-refractivity contribution in [3.63, 3.8) is 0 Å². The Morgan fingerprint density at radius 2 is 2.40 bits per heavy atom. The summed E-state index contributed by atoms with van der Waals surface area (Å²) in [5.74, 6) is -0.540. The third kappa shape index (κ3) is 2.12. The molecule has 0 aromatic rings. The highest BCUT2D eigenvalue weighted by atomic mass is 16.4. The Bertz CT molecular complexity index is 280. The topological polar surface area (TPSA) is 69.6 Å². The molecule has 0 saturated carbocycles. The van der Waals surface area contributed by atoms with Crippen LogP contribution in [-0.4, -0.2) is 47.6 Å². The first-order valence-corrected chi connectivity index (χ1v) is 5.42. The first kappa shape index (κ1) is 10.4. The maximum Gasteiger partial charge on any atom is 0.304 e. The van der Waals surface area contributed by atoms with Crippen molar-refractivity contribution in [2.45, 2.75) is 25.3 Å². The molecule has 2 heterocycles. The largest absolute Gasteiger partial charge is 0.481 e. The lowest BCUT2D eigenvalue weighted by Crippen LogP contribution is -2.46. The molecule has 0 radical (unpaired) electrons. The van der Waals surface area contributed by atoms with E-state index < -0.39 is 5.97 Å². The van der Waals surface area contributed by atoms with Gasteiger partial charge in [0, 0.05) is 19.1 Å². The molecule has 2 N–H and O–H groups in total. The van der Waals surface area contributed by atoms with E-state index in [1.54, 1.807) is 0 Å². The van der Waals surface area contributed by atoms with Gasteiger partial charge in [-0.05, 0) is 19.4 Å². The van der Waals surface area contributed by atoms with Gasteiger partial charge >= 0.3 is 5.97 Å². The zero-order valence-electron chi connectivity index (χ0n) is 8.61. The van der Waals surface area contributed by atoms with Crippen molar-refractivity contribution in [1.29, 1.82) is 0 Å². The summed E-state index contributed by atoms with van der Waals surface area (Å²) in [6, 6.07) is 0.227. The monoisotopic (exact) mass is 212 g/mol. The van der Waals surface area contributed by atoms with Gasteiger partial charge in [0.1, 0.15) is 0 Å². The van der Waals surface area contributed by atoms with Crippen LogP contribution in [0.2, 0.25) is 0 Å². The number of fused-ring (bicyclic) bond motifs is 1. The second-order valence-electron chi connectivity index (χ2n) is 4.24. The molecule has 0 aliphatic carbocycles. The summed E-state index contributed by atoms with van der Waals surface area (Å²) in [5, 5.41) is 11.5. The second-order valence-corrected chi connectivity index (χ2v) is 4.24. The molecule has 0 bridgehead atoms. The van der Waals surface area contributed by atoms with E-state index >= 15 is 0 Å². The van der Waals surface area contributed by atoms with Crippen molar-refractivity contribution >= 4 is 11.9 Å². The molecule has 15 heavy (non-hydrogen) atoms. The molecular formula is C10H16N2O3. The fraction of sp³-hybridized carbons (Fsp3) is 0.800. The van der Waals surface area contributed by atoms with Crippen LogP contribution in [0.15, 0.2) is 0 Å². The van der Waals surface area contributed by atoms with Gasteiger partial charge < -0.3 is 10.4 Å². The molecule has 0 aromatic heterocycles. The van der Waals surface area contributed by atoms with Gasteiger partial charge in [0.05, 0.1) is 12.3 Å². The number of hydrogen-bond donors (Lipinski definition) is 2. The number of hydrogen-bond acceptors (Lipinski definition) is 3. The minimum Gasteiger partial charge on any atom is -0.481 e. The van der Waals surface area contributed by atoms with Crippen molar-refractivity contribution in [1.82, 2.24) is 10.2 Å². The predicted molar refractivity (Wildman–Crippen MR) is 53.3 cm³/mol. The van der Waals surface area contributed by atoms with Crippen molar-refractivity contribution in [2.24, 2.45) is 5.92 Å². The second kappa shape index (κ2) is 4.18. The maximum absolute atomic E-state index is 11.4. The standard InChI is InChI=1S/C10H16N2O3/c13-9(14)3-5-12-4-1-2-7-8(12)6-11-10(7)15/h7-8H,1-6H2,(H,11,15)(H,13,14). The van der Waals surface area contributed by atoms with E-state index in [2.05, 4.69) is 10.2 Å². The Kier molecular flexibility index (Phi) is 2.90. The minimum absolute atomic E-state index is 0.0903. The van der Waals surface area contributed by atoms with Gasteiger partial charge in [0.15, 0.2) is 0 Å². The zero-order valence-corrected chi connectivity index (χ0v) is 8.61. The first-order valence-electron chi connectivity index (χ1n) is 5.42. The Morgan fingerprint density at radius 1 is 1.60 bits per heavy atom. The summed E-state index contributed by atoms with van der Waals surface area (Å²) in [4.78, 5) is 24.1. The highest BCUT2D eigenvalue weighted by molar-refractivity contribution is 5.82. The van der Waals surface area contributed by atoms with Crippen LogP contribution in [0.3, 0.4) is 0 Å². The van der Waals surface area contributed by atoms with E-state index in [9.17, 15) is 9.59 Å². The Hall–Kier alpha value is -1.10. The number of carboxylic acids is 1. The van der Waals surface area contributed by atoms with Gasteiger partial charge in [-0.15, -0.1) is 0 Å². The molecule has 2 saturated heterocycles. The van der Waals surface area contributed by atoms with Crippen LogP contribution in [0.1, 0.15) is 19.3 Å². The van der Waals surface area contributed by atoms with Crippen LogP contribution >= 0.6 is 0 Å². The van der Waals surface area contributed by atoms with Crippen LogP contribution < -0.4 is 5.32 Å². The lowest BCUT2D eigenvalue weighted by Gasteiger charge is -2.35. The van der Waals surface area contributed by atoms with Gasteiger partial charge in [-0.3, -0.25) is 14.5 Å². The molecule has 84 valence electrons. The molecule has 2 unspecified atom stereocenters. The number of aliphatic carboxylic acids is 1. The predicted octanol–water partition coefficient (Wildman–Crippen LogP) is -0.329. The number of nitrogens with one attached hydrogen (secondary N) is 1. The average molecular weight is 212 g/mol. The molecule has 5 heteroatoms. The van der Waals surface area contributed by atoms with Crippen LogP contribution in [0.5, 0.6) is 0 Å². The summed E-state index contributed by atoms with van der Waals surface area (Å²) in [6.07, 6.45) is 2.10. The average Bonchev–Trinajstić information content (AvgIpc) is 2.58. The van der Waals surface area contributed by atoms with Crippen LogP contribution in [-0.2, 0) is 9.59 Å². The smallest absolute Gasteiger partial charge is 0.304 e. The van der Waals surface area contributed by atoms with Gasteiger partial charge in [-0.25, -0.2) is 0 Å². The van der Waals surface area contributed by atoms with Crippen molar-refractivity contribution in [3.8, 4) is 0 Å². The minimum atomic E-state index is -0.769. The zero-order chi connectivity index (χ0) is 10.8. The summed E-state index contributed by atoms with van der Waals surface area (Å²) in [7, 11) is 0. The quantitative estimate of drug-likeness (QED) is 0.672. The van der Waals surface area contributed by atoms with E-state index in [-0.39, 0.29) is 24.3 Å². The highest BCUT2D eigenvalue weighted by Crippen LogP contribution is 2.27. The fourth-order valence-electron chi connectivity index (χ4n) is 2.56. The van der Waals surface area contributed by atoms with E-state index in [1.807, 2.05) is 0 Å². The third-order valence-corrected chi connectivity index (χ3v) is 3.33. The number of likely N-dealkylation sites (tertiary alicyclic amines) is 1. The van der Waals surface area contributed by atoms with Gasteiger partial charge in [0.2, 0.25) is 5.91 Å². The molecule has 0 aromatic carbocycles. The maximum atomic E-state index is 11.4. The van der Waals surface area contributed by atoms with E-state index in [0.717, 1.165) is 19.4 Å². The summed E-state index contributed by atoms with van der Waals surface area (Å²) in [5.41, 5.74) is 0. The first-order chi connectivity index (χ1) is 7.18. The molecule has 5 nitrogen and oxygen atoms in total. The van der Waals surface area contributed by atoms with Crippen LogP contribution in [0.25, 0.3) is 0 Å². The molecule has 2 atom stereocenters. The Labute approximate surface area is 88.4 Å². The lowest BCUT2D eigenvalue weighted by molar-refractivity contribution is -0.137. The van der Waals surface area contributed by atoms with E-state index in [1.165, 1.54) is 0 Å². The Balaban J connectivity index is 1.94. The molecule has 2 fully saturated rings. The number of carboxylic acid groups (broad SMARTS) is 1. The lowest BCUT2D eigenvalue weighted by atomic mass is 9.91. The number of carbonyl (C=O) groups excluding carboxylic acids is 1. The number of rotatable bonds is 3. The normalized spacial score (nSPS) is 31.1. The number of carbonyl (C=O) groups is 2. The summed E-state index contributed by atoms with van der Waals surface area (Å²) < 4.78 is 0. The molecule has 0 spiro atoms. The van der Waals surface area contributed by atoms with E-state index in [0.29, 0.717) is 13.1 Å². The fourth-order valence-corrected chi connectivity index (χ4v) is 2.56. The van der Waals surface area contributed by atoms with Gasteiger partial charge in [-0.1, -0.05) is 0 Å². The molecule has 2 aliphatic rings. The number of piperidine rings is 1. The number of amides is 1. The van der Waals surface area contributed by atoms with Crippen LogP contribution in [0.4, 0.5) is 0 Å². The van der Waals surface area contributed by atoms with Gasteiger partial charge in [-0.2, -0.15) is 0 Å². The van der Waals surface area contributed by atoms with E-state index in [4.69, 9.17) is 5.11 Å². The van der Waals surface area contributed by atoms with Gasteiger partial charge in [0.25, 0.3) is 0 Å². The van der Waals surface area contributed by atoms with Crippen molar-refractivity contribution < 1.29 is 14.7 Å². The molecular weight excluding hydrogens is 196 g/mol. The SMILES string of the molecule is O=C(O)CCN1CCCC2C(=O)NCC21. The Morgan fingerprint density at radius 3 is 3.13 bits per heavy atom. The van der Waals surface area contributed by atoms with Crippen molar-refractivity contribution in [2.75, 3.05) is 19.6 Å². The molecule has 2 rings (SSSR count). The highest BCUT2D eigenvalue weighted by Gasteiger charge is 2.40. The summed E-state index contributed by atoms with van der Waals surface area (Å²) >= 11 is 0. The molecule has 2 aliphatic heterocycles. The van der Waals surface area contributed by atoms with Crippen LogP contribution in [0, 0.1) is 5.92 Å². The summed E-state index contributed by atoms with van der Waals surface area (Å²) in [6.45, 7) is 2.16. The molecule has 1 amide bonds. The third-order valence-electron chi connectivity index (χ3n) is 3.33. The van der Waals surface area contributed by atoms with Crippen molar-refractivity contribution in [3.05, 3.63) is 0 Å². The number of nitrogens with zero attached hydrogens (tertiary/aromatic N) is 1.